The van der Waals surface area contributed by atoms with Crippen LogP contribution in [0.3, 0.4) is 0 Å². The molecule has 1 aliphatic rings. The molecule has 0 aromatic carbocycles. The molecule has 0 bridgehead atoms. The quantitative estimate of drug-likeness (QED) is 0.283. The minimum absolute atomic E-state index is 0.150. The number of aliphatic hydroxyl groups excluding tert-OH is 1. The van der Waals surface area contributed by atoms with Crippen molar-refractivity contribution in [2.24, 2.45) is 0 Å². The van der Waals surface area contributed by atoms with Gasteiger partial charge in [0.15, 0.2) is 39.9 Å². The Kier molecular flexibility index (Phi) is 6.32. The lowest BCUT2D eigenvalue weighted by atomic mass is 9.69. The monoisotopic (exact) mass is 492 g/mol. The van der Waals surface area contributed by atoms with Crippen molar-refractivity contribution in [3.05, 3.63) is 6.33 Å². The molecule has 0 spiro atoms. The highest BCUT2D eigenvalue weighted by atomic mass is 16.6. The fourth-order valence-electron chi connectivity index (χ4n) is 4.36. The van der Waals surface area contributed by atoms with Gasteiger partial charge in [-0.25, -0.2) is 4.98 Å². The molecule has 2 aromatic rings. The fourth-order valence-corrected chi connectivity index (χ4v) is 4.36. The van der Waals surface area contributed by atoms with Crippen molar-refractivity contribution >= 4 is 52.1 Å². The summed E-state index contributed by atoms with van der Waals surface area (Å²) in [7, 11) is 0. The lowest BCUT2D eigenvalue weighted by molar-refractivity contribution is -0.206. The molecule has 0 radical (unpaired) electrons. The molecule has 3 rings (SSSR count). The maximum Gasteiger partial charge on any atom is 0.247 e. The van der Waals surface area contributed by atoms with E-state index in [0.717, 1.165) is 38.6 Å². The summed E-state index contributed by atoms with van der Waals surface area (Å²) in [6.07, 6.45) is -1.00. The van der Waals surface area contributed by atoms with E-state index in [0.29, 0.717) is 0 Å². The number of nitrogens with zero attached hydrogens (tertiary/aromatic N) is 4. The van der Waals surface area contributed by atoms with E-state index in [1.807, 2.05) is 0 Å². The number of hydrogen-bond acceptors (Lipinski definition) is 12. The number of aromatic nitrogens is 4. The van der Waals surface area contributed by atoms with Crippen LogP contribution < -0.4 is 10.6 Å². The molecule has 15 nitrogen and oxygen atoms in total. The van der Waals surface area contributed by atoms with Crippen molar-refractivity contribution in [1.29, 1.82) is 0 Å². The van der Waals surface area contributed by atoms with E-state index >= 15 is 0 Å². The molecule has 5 N–H and O–H groups in total. The second kappa shape index (κ2) is 8.53. The minimum atomic E-state index is -3.26. The van der Waals surface area contributed by atoms with Crippen molar-refractivity contribution in [3.63, 3.8) is 0 Å². The van der Waals surface area contributed by atoms with E-state index in [1.165, 1.54) is 6.92 Å². The summed E-state index contributed by atoms with van der Waals surface area (Å²) in [5.41, 5.74) is -9.64. The van der Waals surface area contributed by atoms with Crippen LogP contribution in [0.25, 0.3) is 11.2 Å². The van der Waals surface area contributed by atoms with Crippen LogP contribution in [-0.4, -0.2) is 87.9 Å². The average Bonchev–Trinajstić information content (AvgIpc) is 3.25. The molecule has 188 valence electrons. The first-order valence-corrected chi connectivity index (χ1v) is 10.3. The zero-order chi connectivity index (χ0) is 26.5. The first-order chi connectivity index (χ1) is 16.2. The number of hydrogen-bond donors (Lipinski definition) is 5. The fraction of sp³-hybridized carbons (Fsp3) is 0.500. The SMILES string of the molecule is CC(=O)Nc1nc(NC(C)=O)c2ncn([C@]3(C(C)=O)O[C@H](CO)[C@](O)(C(C)=O)[C@]3(O)C(C)=O)c2n1. The predicted octanol–water partition coefficient (Wildman–Crippen LogP) is -1.98. The van der Waals surface area contributed by atoms with Crippen molar-refractivity contribution in [2.45, 2.75) is 57.6 Å². The van der Waals surface area contributed by atoms with Crippen LogP contribution in [-0.2, 0) is 34.4 Å². The van der Waals surface area contributed by atoms with Crippen LogP contribution in [0.5, 0.6) is 0 Å². The summed E-state index contributed by atoms with van der Waals surface area (Å²) in [6, 6.07) is 0. The second-order valence-corrected chi connectivity index (χ2v) is 8.12. The number of ether oxygens (including phenoxy) is 1. The molecule has 35 heavy (non-hydrogen) atoms. The van der Waals surface area contributed by atoms with Crippen molar-refractivity contribution in [2.75, 3.05) is 17.2 Å². The van der Waals surface area contributed by atoms with Gasteiger partial charge in [0, 0.05) is 13.8 Å². The summed E-state index contributed by atoms with van der Waals surface area (Å²) in [5, 5.41) is 37.5. The Morgan fingerprint density at radius 3 is 2.03 bits per heavy atom. The van der Waals surface area contributed by atoms with Gasteiger partial charge < -0.3 is 25.4 Å². The number of fused-ring (bicyclic) bond motifs is 1. The zero-order valence-corrected chi connectivity index (χ0v) is 19.4. The number of aliphatic hydroxyl groups is 3. The summed E-state index contributed by atoms with van der Waals surface area (Å²) in [4.78, 5) is 74.0. The van der Waals surface area contributed by atoms with E-state index < -0.39 is 58.8 Å². The van der Waals surface area contributed by atoms with E-state index in [2.05, 4.69) is 25.6 Å². The molecular formula is C20H24N6O9. The number of amides is 2. The molecule has 3 heterocycles. The van der Waals surface area contributed by atoms with Gasteiger partial charge in [0.1, 0.15) is 12.4 Å². The van der Waals surface area contributed by atoms with Gasteiger partial charge in [-0.15, -0.1) is 0 Å². The van der Waals surface area contributed by atoms with Gasteiger partial charge in [-0.05, 0) is 20.8 Å². The highest BCUT2D eigenvalue weighted by molar-refractivity contribution is 6.05. The Labute approximate surface area is 197 Å². The first kappa shape index (κ1) is 26.0. The van der Waals surface area contributed by atoms with Gasteiger partial charge in [0.2, 0.25) is 29.1 Å². The van der Waals surface area contributed by atoms with Gasteiger partial charge in [0.05, 0.1) is 6.61 Å². The molecule has 1 saturated heterocycles. The smallest absolute Gasteiger partial charge is 0.247 e. The molecule has 4 atom stereocenters. The largest absolute Gasteiger partial charge is 0.394 e. The normalized spacial score (nSPS) is 28.1. The Hall–Kier alpha value is -3.66. The zero-order valence-electron chi connectivity index (χ0n) is 19.4. The summed E-state index contributed by atoms with van der Waals surface area (Å²) in [6.45, 7) is 3.88. The van der Waals surface area contributed by atoms with E-state index in [4.69, 9.17) is 4.74 Å². The molecule has 1 fully saturated rings. The van der Waals surface area contributed by atoms with Gasteiger partial charge in [0.25, 0.3) is 0 Å². The molecule has 0 aliphatic carbocycles. The molecular weight excluding hydrogens is 468 g/mol. The van der Waals surface area contributed by atoms with Crippen LogP contribution in [0.2, 0.25) is 0 Å². The van der Waals surface area contributed by atoms with Gasteiger partial charge in [-0.1, -0.05) is 0 Å². The number of carbonyl (C=O) groups is 5. The highest BCUT2D eigenvalue weighted by Crippen LogP contribution is 2.52. The van der Waals surface area contributed by atoms with Crippen molar-refractivity contribution < 1.29 is 44.0 Å². The summed E-state index contributed by atoms with van der Waals surface area (Å²) in [5.74, 6) is -5.17. The molecule has 0 saturated carbocycles. The first-order valence-electron chi connectivity index (χ1n) is 10.3. The molecule has 0 unspecified atom stereocenters. The number of anilines is 2. The van der Waals surface area contributed by atoms with E-state index in [9.17, 15) is 39.3 Å². The standard InChI is InChI=1S/C20H24N6O9/c1-8(28)18(33)13(6-27)35-20(10(3)30,19(18,34)9(2)29)26-7-21-14-15(22-11(4)31)24-17(23-12(5)32)25-16(14)26/h7,13,27,33-34H,6H2,1-5H3,(H2,22,23,24,25,31,32)/t13-,18-,19-,20-/m1/s1. The Bertz CT molecular complexity index is 1280. The number of imidazole rings is 1. The highest BCUT2D eigenvalue weighted by Gasteiger charge is 2.80. The Morgan fingerprint density at radius 1 is 0.971 bits per heavy atom. The van der Waals surface area contributed by atoms with Crippen LogP contribution >= 0.6 is 0 Å². The molecule has 15 heteroatoms. The van der Waals surface area contributed by atoms with Crippen LogP contribution in [0.15, 0.2) is 6.33 Å². The third-order valence-corrected chi connectivity index (χ3v) is 5.83. The maximum absolute atomic E-state index is 13.2. The van der Waals surface area contributed by atoms with Gasteiger partial charge in [-0.2, -0.15) is 9.97 Å². The van der Waals surface area contributed by atoms with Gasteiger partial charge >= 0.3 is 0 Å². The molecule has 1 aliphatic heterocycles. The van der Waals surface area contributed by atoms with Crippen LogP contribution in [0.4, 0.5) is 11.8 Å². The number of rotatable bonds is 7. The summed E-state index contributed by atoms with van der Waals surface area (Å²) < 4.78 is 6.44. The summed E-state index contributed by atoms with van der Waals surface area (Å²) >= 11 is 0. The third kappa shape index (κ3) is 3.43. The number of nitrogens with one attached hydrogen (secondary N) is 2. The van der Waals surface area contributed by atoms with Crippen LogP contribution in [0.1, 0.15) is 34.6 Å². The second-order valence-electron chi connectivity index (χ2n) is 8.12. The van der Waals surface area contributed by atoms with Crippen molar-refractivity contribution in [1.82, 2.24) is 19.5 Å². The average molecular weight is 492 g/mol. The molecule has 2 amide bonds. The lowest BCUT2D eigenvalue weighted by Gasteiger charge is -2.42. The third-order valence-electron chi connectivity index (χ3n) is 5.83. The van der Waals surface area contributed by atoms with E-state index in [1.54, 1.807) is 0 Å². The van der Waals surface area contributed by atoms with Crippen molar-refractivity contribution in [3.8, 4) is 0 Å². The van der Waals surface area contributed by atoms with E-state index in [-0.39, 0.29) is 22.9 Å². The Morgan fingerprint density at radius 2 is 1.57 bits per heavy atom. The van der Waals surface area contributed by atoms with Crippen LogP contribution in [0, 0.1) is 0 Å². The lowest BCUT2D eigenvalue weighted by Crippen LogP contribution is -2.72. The van der Waals surface area contributed by atoms with Gasteiger partial charge in [-0.3, -0.25) is 33.9 Å². The topological polar surface area (TPSA) is 223 Å². The number of Topliss-reactive ketones (excluding diaryl/α,β-unsaturated/α-hetero) is 3. The predicted molar refractivity (Wildman–Crippen MR) is 116 cm³/mol. The maximum atomic E-state index is 13.2. The Balaban J connectivity index is 2.48. The number of ketones is 3. The number of carbonyl (C=O) groups excluding carboxylic acids is 5. The molecule has 2 aromatic heterocycles. The minimum Gasteiger partial charge on any atom is -0.394 e.